The monoisotopic (exact) mass is 262 g/mol. The quantitative estimate of drug-likeness (QED) is 0.607. The number of hydrogen-bond acceptors (Lipinski definition) is 2. The van der Waals surface area contributed by atoms with Crippen molar-refractivity contribution in [1.82, 2.24) is 15.5 Å². The average Bonchev–Trinajstić information content (AvgIpc) is 2.40. The van der Waals surface area contributed by atoms with Crippen LogP contribution in [0.1, 0.15) is 24.5 Å². The van der Waals surface area contributed by atoms with E-state index in [0.717, 1.165) is 32.0 Å². The van der Waals surface area contributed by atoms with Crippen molar-refractivity contribution in [2.75, 3.05) is 27.7 Å². The molecule has 0 saturated heterocycles. The summed E-state index contributed by atoms with van der Waals surface area (Å²) in [5, 5.41) is 6.63. The zero-order valence-corrected chi connectivity index (χ0v) is 12.5. The number of aliphatic imine (C=N–C) groups is 1. The van der Waals surface area contributed by atoms with Gasteiger partial charge in [0.25, 0.3) is 0 Å². The van der Waals surface area contributed by atoms with Crippen LogP contribution in [0.5, 0.6) is 0 Å². The number of nitrogens with zero attached hydrogens (tertiary/aromatic N) is 2. The summed E-state index contributed by atoms with van der Waals surface area (Å²) in [6.07, 6.45) is 1.10. The van der Waals surface area contributed by atoms with Crippen LogP contribution in [-0.2, 0) is 13.1 Å². The minimum atomic E-state index is 0.799. The first-order valence-corrected chi connectivity index (χ1v) is 6.83. The Bertz CT molecular complexity index is 399. The predicted molar refractivity (Wildman–Crippen MR) is 82.3 cm³/mol. The van der Waals surface area contributed by atoms with Gasteiger partial charge in [-0.3, -0.25) is 4.99 Å². The third-order valence-electron chi connectivity index (χ3n) is 2.82. The molecule has 0 aliphatic carbocycles. The molecule has 19 heavy (non-hydrogen) atoms. The fraction of sp³-hybridized carbons (Fsp3) is 0.533. The molecule has 0 heterocycles. The Morgan fingerprint density at radius 1 is 1.16 bits per heavy atom. The molecule has 2 N–H and O–H groups in total. The first kappa shape index (κ1) is 15.5. The average molecular weight is 262 g/mol. The maximum atomic E-state index is 4.22. The smallest absolute Gasteiger partial charge is 0.191 e. The van der Waals surface area contributed by atoms with Gasteiger partial charge in [0.15, 0.2) is 5.96 Å². The summed E-state index contributed by atoms with van der Waals surface area (Å²) in [6.45, 7) is 4.85. The molecule has 106 valence electrons. The van der Waals surface area contributed by atoms with E-state index in [1.54, 1.807) is 7.05 Å². The van der Waals surface area contributed by atoms with Crippen molar-refractivity contribution in [3.05, 3.63) is 35.4 Å². The lowest BCUT2D eigenvalue weighted by atomic mass is 10.1. The Kier molecular flexibility index (Phi) is 6.97. The van der Waals surface area contributed by atoms with Crippen molar-refractivity contribution >= 4 is 5.96 Å². The van der Waals surface area contributed by atoms with Gasteiger partial charge in [-0.25, -0.2) is 0 Å². The van der Waals surface area contributed by atoms with Crippen LogP contribution < -0.4 is 10.6 Å². The van der Waals surface area contributed by atoms with E-state index in [0.29, 0.717) is 0 Å². The molecule has 0 amide bonds. The minimum absolute atomic E-state index is 0.799. The number of hydrogen-bond donors (Lipinski definition) is 2. The molecule has 0 saturated carbocycles. The summed E-state index contributed by atoms with van der Waals surface area (Å²) in [5.41, 5.74) is 2.67. The highest BCUT2D eigenvalue weighted by molar-refractivity contribution is 5.79. The molecule has 0 aliphatic rings. The molecule has 0 atom stereocenters. The van der Waals surface area contributed by atoms with Gasteiger partial charge < -0.3 is 15.5 Å². The summed E-state index contributed by atoms with van der Waals surface area (Å²) in [7, 11) is 5.98. The van der Waals surface area contributed by atoms with E-state index in [2.05, 4.69) is 65.8 Å². The van der Waals surface area contributed by atoms with Gasteiger partial charge in [-0.05, 0) is 31.6 Å². The van der Waals surface area contributed by atoms with Gasteiger partial charge in [0.1, 0.15) is 0 Å². The van der Waals surface area contributed by atoms with E-state index < -0.39 is 0 Å². The molecule has 0 bridgehead atoms. The van der Waals surface area contributed by atoms with Crippen molar-refractivity contribution in [2.45, 2.75) is 26.4 Å². The van der Waals surface area contributed by atoms with Gasteiger partial charge >= 0.3 is 0 Å². The van der Waals surface area contributed by atoms with Crippen molar-refractivity contribution in [3.8, 4) is 0 Å². The molecule has 0 aromatic heterocycles. The van der Waals surface area contributed by atoms with E-state index in [-0.39, 0.29) is 0 Å². The second-order valence-corrected chi connectivity index (χ2v) is 4.86. The Hall–Kier alpha value is -1.55. The van der Waals surface area contributed by atoms with Crippen LogP contribution in [0.4, 0.5) is 0 Å². The largest absolute Gasteiger partial charge is 0.356 e. The number of nitrogens with one attached hydrogen (secondary N) is 2. The molecule has 0 spiro atoms. The highest BCUT2D eigenvalue weighted by atomic mass is 15.2. The molecule has 0 fully saturated rings. The van der Waals surface area contributed by atoms with E-state index in [1.165, 1.54) is 11.1 Å². The zero-order chi connectivity index (χ0) is 14.1. The molecule has 1 aromatic carbocycles. The van der Waals surface area contributed by atoms with Gasteiger partial charge in [-0.1, -0.05) is 31.2 Å². The van der Waals surface area contributed by atoms with Gasteiger partial charge in [0.05, 0.1) is 0 Å². The van der Waals surface area contributed by atoms with Crippen molar-refractivity contribution < 1.29 is 0 Å². The molecule has 4 heteroatoms. The van der Waals surface area contributed by atoms with Crippen LogP contribution in [0.2, 0.25) is 0 Å². The molecule has 0 unspecified atom stereocenters. The number of rotatable bonds is 6. The first-order valence-electron chi connectivity index (χ1n) is 6.83. The minimum Gasteiger partial charge on any atom is -0.356 e. The fourth-order valence-electron chi connectivity index (χ4n) is 1.87. The third kappa shape index (κ3) is 5.75. The SMILES string of the molecule is CCCNC(=NC)NCc1ccccc1CN(C)C. The normalized spacial score (nSPS) is 11.7. The lowest BCUT2D eigenvalue weighted by Gasteiger charge is -2.16. The van der Waals surface area contributed by atoms with Gasteiger partial charge in [0.2, 0.25) is 0 Å². The first-order chi connectivity index (χ1) is 9.17. The maximum Gasteiger partial charge on any atom is 0.191 e. The van der Waals surface area contributed by atoms with Gasteiger partial charge in [0, 0.05) is 26.7 Å². The zero-order valence-electron chi connectivity index (χ0n) is 12.5. The van der Waals surface area contributed by atoms with Gasteiger partial charge in [-0.2, -0.15) is 0 Å². The van der Waals surface area contributed by atoms with E-state index in [1.807, 2.05) is 0 Å². The lowest BCUT2D eigenvalue weighted by Crippen LogP contribution is -2.37. The van der Waals surface area contributed by atoms with Crippen molar-refractivity contribution in [2.24, 2.45) is 4.99 Å². The summed E-state index contributed by atoms with van der Waals surface area (Å²) in [5.74, 6) is 0.863. The van der Waals surface area contributed by atoms with Crippen LogP contribution in [0.3, 0.4) is 0 Å². The number of guanidine groups is 1. The van der Waals surface area contributed by atoms with Crippen LogP contribution in [0.25, 0.3) is 0 Å². The predicted octanol–water partition coefficient (Wildman–Crippen LogP) is 1.82. The Morgan fingerprint density at radius 2 is 1.84 bits per heavy atom. The molecule has 4 nitrogen and oxygen atoms in total. The van der Waals surface area contributed by atoms with Crippen molar-refractivity contribution in [3.63, 3.8) is 0 Å². The van der Waals surface area contributed by atoms with Gasteiger partial charge in [-0.15, -0.1) is 0 Å². The number of benzene rings is 1. The van der Waals surface area contributed by atoms with E-state index in [4.69, 9.17) is 0 Å². The summed E-state index contributed by atoms with van der Waals surface area (Å²) < 4.78 is 0. The highest BCUT2D eigenvalue weighted by Crippen LogP contribution is 2.10. The van der Waals surface area contributed by atoms with Crippen LogP contribution in [-0.4, -0.2) is 38.5 Å². The lowest BCUT2D eigenvalue weighted by molar-refractivity contribution is 0.400. The topological polar surface area (TPSA) is 39.7 Å². The molecule has 0 aliphatic heterocycles. The van der Waals surface area contributed by atoms with E-state index in [9.17, 15) is 0 Å². The van der Waals surface area contributed by atoms with Crippen LogP contribution in [0.15, 0.2) is 29.3 Å². The molecule has 1 rings (SSSR count). The Morgan fingerprint density at radius 3 is 2.42 bits per heavy atom. The Labute approximate surface area is 116 Å². The van der Waals surface area contributed by atoms with E-state index >= 15 is 0 Å². The molecular formula is C15H26N4. The maximum absolute atomic E-state index is 4.22. The molecule has 1 aromatic rings. The Balaban J connectivity index is 2.61. The fourth-order valence-corrected chi connectivity index (χ4v) is 1.87. The second kappa shape index (κ2) is 8.53. The standard InChI is InChI=1S/C15H26N4/c1-5-10-17-15(16-2)18-11-13-8-6-7-9-14(13)12-19(3)4/h6-9H,5,10-12H2,1-4H3,(H2,16,17,18). The third-order valence-corrected chi connectivity index (χ3v) is 2.82. The second-order valence-electron chi connectivity index (χ2n) is 4.86. The van der Waals surface area contributed by atoms with Crippen molar-refractivity contribution in [1.29, 1.82) is 0 Å². The summed E-state index contributed by atoms with van der Waals surface area (Å²) in [4.78, 5) is 6.40. The molecule has 0 radical (unpaired) electrons. The summed E-state index contributed by atoms with van der Waals surface area (Å²) >= 11 is 0. The van der Waals surface area contributed by atoms with Crippen LogP contribution in [0, 0.1) is 0 Å². The van der Waals surface area contributed by atoms with Crippen LogP contribution >= 0.6 is 0 Å². The summed E-state index contributed by atoms with van der Waals surface area (Å²) in [6, 6.07) is 8.52. The highest BCUT2D eigenvalue weighted by Gasteiger charge is 2.04. The molecular weight excluding hydrogens is 236 g/mol.